The van der Waals surface area contributed by atoms with Gasteiger partial charge in [0.2, 0.25) is 0 Å². The largest absolute Gasteiger partial charge is 0.345 e. The highest BCUT2D eigenvalue weighted by Gasteiger charge is 2.17. The van der Waals surface area contributed by atoms with Crippen molar-refractivity contribution >= 4 is 6.08 Å². The topological polar surface area (TPSA) is 80.7 Å². The molecule has 0 amide bonds. The van der Waals surface area contributed by atoms with Crippen molar-refractivity contribution in [1.29, 1.82) is 0 Å². The van der Waals surface area contributed by atoms with Crippen molar-refractivity contribution in [2.24, 2.45) is 11.5 Å². The molecule has 2 aromatic rings. The third-order valence-corrected chi connectivity index (χ3v) is 3.21. The van der Waals surface area contributed by atoms with Crippen molar-refractivity contribution in [2.75, 3.05) is 0 Å². The van der Waals surface area contributed by atoms with Crippen molar-refractivity contribution in [3.8, 4) is 0 Å². The van der Waals surface area contributed by atoms with Gasteiger partial charge in [-0.1, -0.05) is 37.3 Å². The first-order valence-corrected chi connectivity index (χ1v) is 6.49. The van der Waals surface area contributed by atoms with Crippen LogP contribution in [0.5, 0.6) is 0 Å². The van der Waals surface area contributed by atoms with E-state index in [2.05, 4.69) is 16.9 Å². The molecule has 0 radical (unpaired) electrons. The minimum absolute atomic E-state index is 0.0692. The lowest BCUT2D eigenvalue weighted by molar-refractivity contribution is 0.668. The maximum atomic E-state index is 6.34. The number of H-pyrrole nitrogens is 1. The first-order valence-electron chi connectivity index (χ1n) is 6.49. The summed E-state index contributed by atoms with van der Waals surface area (Å²) in [5.74, 6) is 0.783. The third kappa shape index (κ3) is 3.30. The van der Waals surface area contributed by atoms with Crippen LogP contribution in [0.15, 0.2) is 48.3 Å². The van der Waals surface area contributed by atoms with E-state index >= 15 is 0 Å². The quantitative estimate of drug-likeness (QED) is 0.767. The molecule has 1 heterocycles. The second-order valence-corrected chi connectivity index (χ2v) is 4.52. The number of hydrogen-bond acceptors (Lipinski definition) is 3. The van der Waals surface area contributed by atoms with E-state index < -0.39 is 0 Å². The number of imidazole rings is 1. The summed E-state index contributed by atoms with van der Waals surface area (Å²) in [5.41, 5.74) is 14.6. The smallest absolute Gasteiger partial charge is 0.130 e. The van der Waals surface area contributed by atoms with Gasteiger partial charge < -0.3 is 16.5 Å². The van der Waals surface area contributed by atoms with Crippen LogP contribution in [-0.4, -0.2) is 16.0 Å². The van der Waals surface area contributed by atoms with E-state index in [-0.39, 0.29) is 12.1 Å². The maximum absolute atomic E-state index is 6.34. The summed E-state index contributed by atoms with van der Waals surface area (Å²) in [5, 5.41) is 0. The molecular formula is C15H20N4. The predicted octanol–water partition coefficient (Wildman–Crippen LogP) is 2.23. The van der Waals surface area contributed by atoms with Gasteiger partial charge in [0.05, 0.1) is 6.04 Å². The van der Waals surface area contributed by atoms with E-state index in [1.807, 2.05) is 36.4 Å². The van der Waals surface area contributed by atoms with Crippen molar-refractivity contribution in [2.45, 2.75) is 25.4 Å². The van der Waals surface area contributed by atoms with Crippen LogP contribution < -0.4 is 11.5 Å². The van der Waals surface area contributed by atoms with Crippen LogP contribution in [0.4, 0.5) is 0 Å². The Kier molecular flexibility index (Phi) is 4.49. The van der Waals surface area contributed by atoms with Crippen molar-refractivity contribution < 1.29 is 0 Å². The van der Waals surface area contributed by atoms with Crippen LogP contribution in [0.25, 0.3) is 6.08 Å². The number of aromatic amines is 1. The van der Waals surface area contributed by atoms with Crippen molar-refractivity contribution in [3.63, 3.8) is 0 Å². The van der Waals surface area contributed by atoms with Crippen LogP contribution in [0, 0.1) is 0 Å². The number of nitrogens with two attached hydrogens (primary N) is 2. The Morgan fingerprint density at radius 2 is 2.05 bits per heavy atom. The monoisotopic (exact) mass is 256 g/mol. The molecule has 0 saturated heterocycles. The average molecular weight is 256 g/mol. The maximum Gasteiger partial charge on any atom is 0.130 e. The fraction of sp³-hybridized carbons (Fsp3) is 0.267. The van der Waals surface area contributed by atoms with Gasteiger partial charge in [0.15, 0.2) is 0 Å². The molecule has 0 saturated carbocycles. The third-order valence-electron chi connectivity index (χ3n) is 3.21. The molecule has 0 aliphatic heterocycles. The molecule has 0 spiro atoms. The zero-order valence-corrected chi connectivity index (χ0v) is 11.1. The molecule has 2 rings (SSSR count). The molecule has 4 nitrogen and oxygen atoms in total. The molecule has 4 heteroatoms. The summed E-state index contributed by atoms with van der Waals surface area (Å²) in [6.45, 7) is 2.05. The van der Waals surface area contributed by atoms with E-state index in [9.17, 15) is 0 Å². The molecule has 0 aliphatic rings. The SMILES string of the molecule is CC[C@H](N)/C(=C/c1ncc[nH]1)C(N)c1ccccc1. The van der Waals surface area contributed by atoms with E-state index in [0.29, 0.717) is 0 Å². The molecule has 1 unspecified atom stereocenters. The molecule has 1 aromatic heterocycles. The standard InChI is InChI=1S/C15H20N4/c1-2-13(16)12(10-14-18-8-9-19-14)15(17)11-6-4-3-5-7-11/h3-10,13,15H,2,16-17H2,1H3,(H,18,19)/b12-10-/t13-,15?/m0/s1. The number of rotatable bonds is 5. The summed E-state index contributed by atoms with van der Waals surface area (Å²) in [6, 6.07) is 9.70. The zero-order chi connectivity index (χ0) is 13.7. The second kappa shape index (κ2) is 6.31. The first kappa shape index (κ1) is 13.5. The van der Waals surface area contributed by atoms with E-state index in [4.69, 9.17) is 11.5 Å². The summed E-state index contributed by atoms with van der Waals surface area (Å²) in [6.07, 6.45) is 6.29. The fourth-order valence-corrected chi connectivity index (χ4v) is 2.03. The number of benzene rings is 1. The molecule has 5 N–H and O–H groups in total. The lowest BCUT2D eigenvalue weighted by atomic mass is 9.92. The molecule has 100 valence electrons. The van der Waals surface area contributed by atoms with Crippen molar-refractivity contribution in [3.05, 3.63) is 59.7 Å². The van der Waals surface area contributed by atoms with E-state index in [1.54, 1.807) is 12.4 Å². The highest BCUT2D eigenvalue weighted by Crippen LogP contribution is 2.23. The Morgan fingerprint density at radius 1 is 1.32 bits per heavy atom. The highest BCUT2D eigenvalue weighted by atomic mass is 14.9. The number of hydrogen-bond donors (Lipinski definition) is 3. The van der Waals surface area contributed by atoms with Gasteiger partial charge in [-0.3, -0.25) is 0 Å². The summed E-state index contributed by atoms with van der Waals surface area (Å²) < 4.78 is 0. The Bertz CT molecular complexity index is 516. The van der Waals surface area contributed by atoms with E-state index in [1.165, 1.54) is 0 Å². The van der Waals surface area contributed by atoms with Gasteiger partial charge in [-0.2, -0.15) is 0 Å². The van der Waals surface area contributed by atoms with Crippen LogP contribution in [0.1, 0.15) is 30.8 Å². The second-order valence-electron chi connectivity index (χ2n) is 4.52. The highest BCUT2D eigenvalue weighted by molar-refractivity contribution is 5.50. The number of nitrogens with one attached hydrogen (secondary N) is 1. The van der Waals surface area contributed by atoms with Crippen LogP contribution in [-0.2, 0) is 0 Å². The van der Waals surface area contributed by atoms with Crippen LogP contribution in [0.3, 0.4) is 0 Å². The van der Waals surface area contributed by atoms with Crippen molar-refractivity contribution in [1.82, 2.24) is 9.97 Å². The zero-order valence-electron chi connectivity index (χ0n) is 11.1. The molecule has 0 bridgehead atoms. The first-order chi connectivity index (χ1) is 9.22. The van der Waals surface area contributed by atoms with Gasteiger partial charge in [-0.05, 0) is 23.6 Å². The Balaban J connectivity index is 2.33. The molecule has 0 aliphatic carbocycles. The molecule has 1 aromatic carbocycles. The van der Waals surface area contributed by atoms with Gasteiger partial charge in [0.1, 0.15) is 5.82 Å². The lowest BCUT2D eigenvalue weighted by Crippen LogP contribution is -2.29. The van der Waals surface area contributed by atoms with E-state index in [0.717, 1.165) is 23.4 Å². The molecule has 0 fully saturated rings. The minimum atomic E-state index is -0.207. The summed E-state index contributed by atoms with van der Waals surface area (Å²) >= 11 is 0. The lowest BCUT2D eigenvalue weighted by Gasteiger charge is -2.21. The average Bonchev–Trinajstić information content (AvgIpc) is 2.97. The Hall–Kier alpha value is -1.91. The van der Waals surface area contributed by atoms with Gasteiger partial charge in [-0.25, -0.2) is 4.98 Å². The Morgan fingerprint density at radius 3 is 2.63 bits per heavy atom. The molecule has 19 heavy (non-hydrogen) atoms. The molecule has 2 atom stereocenters. The fourth-order valence-electron chi connectivity index (χ4n) is 2.03. The van der Waals surface area contributed by atoms with Crippen LogP contribution in [0.2, 0.25) is 0 Å². The summed E-state index contributed by atoms with van der Waals surface area (Å²) in [4.78, 5) is 7.26. The predicted molar refractivity (Wildman–Crippen MR) is 78.2 cm³/mol. The Labute approximate surface area is 113 Å². The van der Waals surface area contributed by atoms with Gasteiger partial charge in [-0.15, -0.1) is 0 Å². The molecular weight excluding hydrogens is 236 g/mol. The number of nitrogens with zero attached hydrogens (tertiary/aromatic N) is 1. The number of aromatic nitrogens is 2. The van der Waals surface area contributed by atoms with Gasteiger partial charge in [0.25, 0.3) is 0 Å². The summed E-state index contributed by atoms with van der Waals surface area (Å²) in [7, 11) is 0. The van der Waals surface area contributed by atoms with Crippen LogP contribution >= 0.6 is 0 Å². The van der Waals surface area contributed by atoms with Gasteiger partial charge >= 0.3 is 0 Å². The normalized spacial score (nSPS) is 15.2. The van der Waals surface area contributed by atoms with Gasteiger partial charge in [0, 0.05) is 18.4 Å². The minimum Gasteiger partial charge on any atom is -0.345 e.